The second-order valence-electron chi connectivity index (χ2n) is 6.01. The number of esters is 1. The van der Waals surface area contributed by atoms with Gasteiger partial charge in [0.05, 0.1) is 7.11 Å². The van der Waals surface area contributed by atoms with Crippen LogP contribution in [0.25, 0.3) is 0 Å². The highest BCUT2D eigenvalue weighted by Crippen LogP contribution is 2.42. The van der Waals surface area contributed by atoms with E-state index in [2.05, 4.69) is 25.5 Å². The fourth-order valence-corrected chi connectivity index (χ4v) is 2.88. The molecule has 2 heteroatoms. The molecule has 0 atom stereocenters. The third-order valence-electron chi connectivity index (χ3n) is 4.02. The summed E-state index contributed by atoms with van der Waals surface area (Å²) in [6.07, 6.45) is 7.44. The van der Waals surface area contributed by atoms with Gasteiger partial charge in [-0.1, -0.05) is 30.6 Å². The SMILES string of the molecule is COC(=O)/C=C(\C)CCC1=C(C)CCCC1(C)C. The Labute approximate surface area is 111 Å². The van der Waals surface area contributed by atoms with Gasteiger partial charge in [-0.05, 0) is 51.4 Å². The highest BCUT2D eigenvalue weighted by molar-refractivity contribution is 5.82. The van der Waals surface area contributed by atoms with E-state index >= 15 is 0 Å². The number of hydrogen-bond acceptors (Lipinski definition) is 2. The molecule has 2 nitrogen and oxygen atoms in total. The predicted octanol–water partition coefficient (Wildman–Crippen LogP) is 4.41. The Balaban J connectivity index is 2.67. The smallest absolute Gasteiger partial charge is 0.330 e. The standard InChI is InChI=1S/C16H26O2/c1-12(11-15(17)18-5)8-9-14-13(2)7-6-10-16(14,3)4/h11H,6-10H2,1-5H3/b12-11+. The fourth-order valence-electron chi connectivity index (χ4n) is 2.88. The van der Waals surface area contributed by atoms with Crippen LogP contribution in [-0.2, 0) is 9.53 Å². The number of ether oxygens (including phenoxy) is 1. The third-order valence-corrected chi connectivity index (χ3v) is 4.02. The van der Waals surface area contributed by atoms with Crippen molar-refractivity contribution >= 4 is 5.97 Å². The lowest BCUT2D eigenvalue weighted by molar-refractivity contribution is -0.134. The van der Waals surface area contributed by atoms with Gasteiger partial charge in [-0.25, -0.2) is 4.79 Å². The van der Waals surface area contributed by atoms with Gasteiger partial charge in [0.25, 0.3) is 0 Å². The van der Waals surface area contributed by atoms with E-state index in [0.29, 0.717) is 5.41 Å². The van der Waals surface area contributed by atoms with Crippen LogP contribution in [0.15, 0.2) is 22.8 Å². The number of hydrogen-bond donors (Lipinski definition) is 0. The van der Waals surface area contributed by atoms with Gasteiger partial charge in [0.15, 0.2) is 0 Å². The molecule has 0 spiro atoms. The first-order chi connectivity index (χ1) is 8.36. The van der Waals surface area contributed by atoms with Gasteiger partial charge in [0.1, 0.15) is 0 Å². The maximum atomic E-state index is 11.2. The third kappa shape index (κ3) is 4.01. The minimum Gasteiger partial charge on any atom is -0.466 e. The highest BCUT2D eigenvalue weighted by atomic mass is 16.5. The number of allylic oxidation sites excluding steroid dienone is 3. The molecule has 102 valence electrons. The molecule has 0 saturated carbocycles. The van der Waals surface area contributed by atoms with Crippen LogP contribution in [0.4, 0.5) is 0 Å². The Morgan fingerprint density at radius 3 is 2.67 bits per heavy atom. The minimum atomic E-state index is -0.249. The highest BCUT2D eigenvalue weighted by Gasteiger charge is 2.27. The molecule has 0 heterocycles. The van der Waals surface area contributed by atoms with Crippen LogP contribution >= 0.6 is 0 Å². The molecule has 0 unspecified atom stereocenters. The monoisotopic (exact) mass is 250 g/mol. The van der Waals surface area contributed by atoms with Crippen molar-refractivity contribution in [2.75, 3.05) is 7.11 Å². The number of carbonyl (C=O) groups excluding carboxylic acids is 1. The van der Waals surface area contributed by atoms with Gasteiger partial charge >= 0.3 is 5.97 Å². The minimum absolute atomic E-state index is 0.249. The van der Waals surface area contributed by atoms with E-state index in [1.807, 2.05) is 6.92 Å². The van der Waals surface area contributed by atoms with Crippen molar-refractivity contribution in [2.24, 2.45) is 5.41 Å². The molecule has 0 saturated heterocycles. The molecule has 0 N–H and O–H groups in total. The average molecular weight is 250 g/mol. The van der Waals surface area contributed by atoms with E-state index < -0.39 is 0 Å². The van der Waals surface area contributed by atoms with Crippen LogP contribution in [-0.4, -0.2) is 13.1 Å². The van der Waals surface area contributed by atoms with Crippen molar-refractivity contribution in [2.45, 2.75) is 59.8 Å². The summed E-state index contributed by atoms with van der Waals surface area (Å²) in [7, 11) is 1.42. The molecule has 1 rings (SSSR count). The maximum Gasteiger partial charge on any atom is 0.330 e. The van der Waals surface area contributed by atoms with Crippen molar-refractivity contribution in [3.63, 3.8) is 0 Å². The average Bonchev–Trinajstić information content (AvgIpc) is 2.27. The summed E-state index contributed by atoms with van der Waals surface area (Å²) in [5.41, 5.74) is 4.57. The van der Waals surface area contributed by atoms with Crippen molar-refractivity contribution < 1.29 is 9.53 Å². The Morgan fingerprint density at radius 1 is 1.44 bits per heavy atom. The van der Waals surface area contributed by atoms with Crippen molar-refractivity contribution in [3.05, 3.63) is 22.8 Å². The van der Waals surface area contributed by atoms with Crippen LogP contribution in [0.1, 0.15) is 59.8 Å². The molecule has 1 aliphatic carbocycles. The van der Waals surface area contributed by atoms with Crippen LogP contribution in [0.5, 0.6) is 0 Å². The summed E-state index contributed by atoms with van der Waals surface area (Å²) in [5, 5.41) is 0. The first kappa shape index (κ1) is 15.0. The van der Waals surface area contributed by atoms with Crippen LogP contribution in [0.3, 0.4) is 0 Å². The zero-order valence-electron chi connectivity index (χ0n) is 12.4. The summed E-state index contributed by atoms with van der Waals surface area (Å²) in [6, 6.07) is 0. The van der Waals surface area contributed by atoms with E-state index in [0.717, 1.165) is 18.4 Å². The summed E-state index contributed by atoms with van der Waals surface area (Å²) in [5.74, 6) is -0.249. The Morgan fingerprint density at radius 2 is 2.11 bits per heavy atom. The summed E-state index contributed by atoms with van der Waals surface area (Å²) in [4.78, 5) is 11.2. The summed E-state index contributed by atoms with van der Waals surface area (Å²) in [6.45, 7) is 8.94. The van der Waals surface area contributed by atoms with Gasteiger partial charge < -0.3 is 4.74 Å². The molecule has 0 aromatic carbocycles. The molecule has 0 bridgehead atoms. The zero-order valence-corrected chi connectivity index (χ0v) is 12.4. The van der Waals surface area contributed by atoms with Gasteiger partial charge in [-0.3, -0.25) is 0 Å². The number of rotatable bonds is 4. The number of methoxy groups -OCH3 is 1. The van der Waals surface area contributed by atoms with Crippen LogP contribution in [0, 0.1) is 5.41 Å². The fraction of sp³-hybridized carbons (Fsp3) is 0.688. The molecule has 0 amide bonds. The van der Waals surface area contributed by atoms with Gasteiger partial charge in [0.2, 0.25) is 0 Å². The lowest BCUT2D eigenvalue weighted by atomic mass is 9.71. The first-order valence-electron chi connectivity index (χ1n) is 6.81. The summed E-state index contributed by atoms with van der Waals surface area (Å²) < 4.78 is 4.65. The molecule has 1 aliphatic rings. The van der Waals surface area contributed by atoms with E-state index in [4.69, 9.17) is 0 Å². The molecular weight excluding hydrogens is 224 g/mol. The van der Waals surface area contributed by atoms with Gasteiger partial charge in [0, 0.05) is 6.08 Å². The van der Waals surface area contributed by atoms with Crippen molar-refractivity contribution in [1.29, 1.82) is 0 Å². The van der Waals surface area contributed by atoms with Gasteiger partial charge in [-0.15, -0.1) is 0 Å². The quantitative estimate of drug-likeness (QED) is 0.419. The normalized spacial score (nSPS) is 19.9. The van der Waals surface area contributed by atoms with E-state index in [-0.39, 0.29) is 5.97 Å². The Kier molecular flexibility index (Phi) is 5.18. The molecule has 0 fully saturated rings. The molecule has 0 radical (unpaired) electrons. The second kappa shape index (κ2) is 6.21. The lowest BCUT2D eigenvalue weighted by Gasteiger charge is -2.34. The largest absolute Gasteiger partial charge is 0.466 e. The topological polar surface area (TPSA) is 26.3 Å². The van der Waals surface area contributed by atoms with Crippen molar-refractivity contribution in [1.82, 2.24) is 0 Å². The van der Waals surface area contributed by atoms with Crippen LogP contribution in [0.2, 0.25) is 0 Å². The molecule has 0 aromatic rings. The first-order valence-corrected chi connectivity index (χ1v) is 6.81. The Bertz CT molecular complexity index is 373. The van der Waals surface area contributed by atoms with E-state index in [9.17, 15) is 4.79 Å². The molecule has 18 heavy (non-hydrogen) atoms. The molecule has 0 aliphatic heterocycles. The van der Waals surface area contributed by atoms with Crippen LogP contribution < -0.4 is 0 Å². The molecule has 0 aromatic heterocycles. The molecular formula is C16H26O2. The maximum absolute atomic E-state index is 11.2. The lowest BCUT2D eigenvalue weighted by Crippen LogP contribution is -2.20. The Hall–Kier alpha value is -1.05. The van der Waals surface area contributed by atoms with E-state index in [1.54, 1.807) is 17.2 Å². The zero-order chi connectivity index (χ0) is 13.8. The van der Waals surface area contributed by atoms with Gasteiger partial charge in [-0.2, -0.15) is 0 Å². The second-order valence-corrected chi connectivity index (χ2v) is 6.01. The van der Waals surface area contributed by atoms with Crippen molar-refractivity contribution in [3.8, 4) is 0 Å². The predicted molar refractivity (Wildman–Crippen MR) is 75.3 cm³/mol. The van der Waals surface area contributed by atoms with E-state index in [1.165, 1.54) is 26.4 Å². The summed E-state index contributed by atoms with van der Waals surface area (Å²) >= 11 is 0. The number of carbonyl (C=O) groups is 1.